The van der Waals surface area contributed by atoms with E-state index in [9.17, 15) is 10.2 Å². The summed E-state index contributed by atoms with van der Waals surface area (Å²) in [6.07, 6.45) is 3.98. The highest BCUT2D eigenvalue weighted by molar-refractivity contribution is 5.72. The molecule has 0 unspecified atom stereocenters. The Bertz CT molecular complexity index is 459. The molecule has 1 aliphatic rings. The molecule has 1 aromatic carbocycles. The number of aliphatic hydroxyl groups is 2. The fourth-order valence-corrected chi connectivity index (χ4v) is 2.75. The minimum absolute atomic E-state index is 0.290. The number of benzene rings is 1. The molecule has 1 fully saturated rings. The van der Waals surface area contributed by atoms with Crippen LogP contribution in [0.4, 0.5) is 0 Å². The van der Waals surface area contributed by atoms with Crippen LogP contribution in [0.5, 0.6) is 5.75 Å². The van der Waals surface area contributed by atoms with Crippen LogP contribution in [-0.4, -0.2) is 36.1 Å². The van der Waals surface area contributed by atoms with E-state index in [0.717, 1.165) is 16.9 Å². The van der Waals surface area contributed by atoms with Gasteiger partial charge in [-0.05, 0) is 43.4 Å². The Kier molecular flexibility index (Phi) is 4.68. The number of hydrogen-bond acceptors (Lipinski definition) is 4. The molecule has 4 nitrogen and oxygen atoms in total. The third-order valence-electron chi connectivity index (χ3n) is 3.97. The predicted molar refractivity (Wildman–Crippen MR) is 79.5 cm³/mol. The van der Waals surface area contributed by atoms with E-state index < -0.39 is 5.60 Å². The van der Waals surface area contributed by atoms with E-state index in [2.05, 4.69) is 5.32 Å². The van der Waals surface area contributed by atoms with Gasteiger partial charge >= 0.3 is 0 Å². The van der Waals surface area contributed by atoms with Gasteiger partial charge in [-0.2, -0.15) is 0 Å². The lowest BCUT2D eigenvalue weighted by Crippen LogP contribution is -2.37. The van der Waals surface area contributed by atoms with Crippen molar-refractivity contribution in [3.05, 3.63) is 36.0 Å². The van der Waals surface area contributed by atoms with Crippen molar-refractivity contribution >= 4 is 5.57 Å². The van der Waals surface area contributed by atoms with Crippen LogP contribution in [0, 0.1) is 0 Å². The lowest BCUT2D eigenvalue weighted by Gasteiger charge is -2.36. The van der Waals surface area contributed by atoms with E-state index >= 15 is 0 Å². The zero-order chi connectivity index (χ0) is 14.6. The maximum absolute atomic E-state index is 10.9. The van der Waals surface area contributed by atoms with Crippen LogP contribution in [0.1, 0.15) is 31.2 Å². The van der Waals surface area contributed by atoms with Crippen molar-refractivity contribution in [1.82, 2.24) is 5.32 Å². The van der Waals surface area contributed by atoms with Crippen LogP contribution in [0.2, 0.25) is 0 Å². The number of methoxy groups -OCH3 is 1. The SMILES string of the molecule is CN/C=C(\c1ccc(OC)cc1)C1(O)CCC(O)CC1. The number of aliphatic hydroxyl groups excluding tert-OH is 1. The van der Waals surface area contributed by atoms with E-state index in [1.165, 1.54) is 0 Å². The molecule has 0 saturated heterocycles. The lowest BCUT2D eigenvalue weighted by molar-refractivity contribution is 0.0106. The van der Waals surface area contributed by atoms with E-state index in [4.69, 9.17) is 4.74 Å². The molecule has 0 heterocycles. The van der Waals surface area contributed by atoms with Crippen molar-refractivity contribution < 1.29 is 14.9 Å². The minimum Gasteiger partial charge on any atom is -0.497 e. The van der Waals surface area contributed by atoms with Gasteiger partial charge in [0.2, 0.25) is 0 Å². The molecule has 0 radical (unpaired) electrons. The number of hydrogen-bond donors (Lipinski definition) is 3. The first-order valence-corrected chi connectivity index (χ1v) is 7.02. The van der Waals surface area contributed by atoms with E-state index in [0.29, 0.717) is 25.7 Å². The van der Waals surface area contributed by atoms with Crippen molar-refractivity contribution in [2.75, 3.05) is 14.2 Å². The van der Waals surface area contributed by atoms with Crippen LogP contribution in [0.3, 0.4) is 0 Å². The van der Waals surface area contributed by atoms with Gasteiger partial charge < -0.3 is 20.3 Å². The molecule has 0 amide bonds. The van der Waals surface area contributed by atoms with Gasteiger partial charge in [-0.1, -0.05) is 12.1 Å². The first kappa shape index (κ1) is 14.9. The summed E-state index contributed by atoms with van der Waals surface area (Å²) in [6.45, 7) is 0. The van der Waals surface area contributed by atoms with Gasteiger partial charge in [-0.3, -0.25) is 0 Å². The molecule has 3 N–H and O–H groups in total. The number of rotatable bonds is 4. The van der Waals surface area contributed by atoms with Crippen molar-refractivity contribution in [3.8, 4) is 5.75 Å². The van der Waals surface area contributed by atoms with Gasteiger partial charge in [-0.25, -0.2) is 0 Å². The van der Waals surface area contributed by atoms with Crippen LogP contribution in [0.15, 0.2) is 30.5 Å². The monoisotopic (exact) mass is 277 g/mol. The molecule has 2 rings (SSSR count). The van der Waals surface area contributed by atoms with Gasteiger partial charge in [0, 0.05) is 18.8 Å². The molecule has 0 bridgehead atoms. The minimum atomic E-state index is -0.878. The topological polar surface area (TPSA) is 61.7 Å². The molecule has 1 aliphatic carbocycles. The predicted octanol–water partition coefficient (Wildman–Crippen LogP) is 1.92. The smallest absolute Gasteiger partial charge is 0.118 e. The molecule has 1 aromatic rings. The summed E-state index contributed by atoms with van der Waals surface area (Å²) < 4.78 is 5.16. The van der Waals surface area contributed by atoms with Gasteiger partial charge in [-0.15, -0.1) is 0 Å². The molecule has 110 valence electrons. The second-order valence-corrected chi connectivity index (χ2v) is 5.34. The van der Waals surface area contributed by atoms with Gasteiger partial charge in [0.25, 0.3) is 0 Å². The third-order valence-corrected chi connectivity index (χ3v) is 3.97. The maximum Gasteiger partial charge on any atom is 0.118 e. The van der Waals surface area contributed by atoms with Crippen molar-refractivity contribution in [2.24, 2.45) is 0 Å². The summed E-state index contributed by atoms with van der Waals surface area (Å²) in [6, 6.07) is 7.68. The Hall–Kier alpha value is -1.52. The highest BCUT2D eigenvalue weighted by Crippen LogP contribution is 2.39. The van der Waals surface area contributed by atoms with Crippen LogP contribution in [-0.2, 0) is 0 Å². The van der Waals surface area contributed by atoms with E-state index in [1.54, 1.807) is 7.11 Å². The average molecular weight is 277 g/mol. The van der Waals surface area contributed by atoms with Gasteiger partial charge in [0.05, 0.1) is 18.8 Å². The van der Waals surface area contributed by atoms with E-state index in [1.807, 2.05) is 37.5 Å². The normalized spacial score (nSPS) is 27.2. The Morgan fingerprint density at radius 3 is 2.40 bits per heavy atom. The largest absolute Gasteiger partial charge is 0.497 e. The fourth-order valence-electron chi connectivity index (χ4n) is 2.75. The number of ether oxygens (including phenoxy) is 1. The molecule has 0 aromatic heterocycles. The second kappa shape index (κ2) is 6.29. The Morgan fingerprint density at radius 1 is 1.30 bits per heavy atom. The number of nitrogens with one attached hydrogen (secondary N) is 1. The standard InChI is InChI=1S/C16H23NO3/c1-17-11-15(12-3-5-14(20-2)6-4-12)16(19)9-7-13(18)8-10-16/h3-6,11,13,17-19H,7-10H2,1-2H3/b15-11+. The van der Waals surface area contributed by atoms with Crippen molar-refractivity contribution in [3.63, 3.8) is 0 Å². The third kappa shape index (κ3) is 3.14. The van der Waals surface area contributed by atoms with E-state index in [-0.39, 0.29) is 6.10 Å². The summed E-state index contributed by atoms with van der Waals surface area (Å²) in [4.78, 5) is 0. The summed E-state index contributed by atoms with van der Waals surface area (Å²) in [7, 11) is 3.46. The lowest BCUT2D eigenvalue weighted by atomic mass is 9.76. The molecule has 4 heteroatoms. The summed E-state index contributed by atoms with van der Waals surface area (Å²) in [5.74, 6) is 0.795. The van der Waals surface area contributed by atoms with Crippen molar-refractivity contribution in [1.29, 1.82) is 0 Å². The first-order chi connectivity index (χ1) is 9.59. The quantitative estimate of drug-likeness (QED) is 0.787. The summed E-state index contributed by atoms with van der Waals surface area (Å²) >= 11 is 0. The molecule has 20 heavy (non-hydrogen) atoms. The second-order valence-electron chi connectivity index (χ2n) is 5.34. The van der Waals surface area contributed by atoms with Crippen molar-refractivity contribution in [2.45, 2.75) is 37.4 Å². The Labute approximate surface area is 120 Å². The molecule has 0 atom stereocenters. The molecular formula is C16H23NO3. The van der Waals surface area contributed by atoms with Gasteiger partial charge in [0.1, 0.15) is 5.75 Å². The molecule has 0 spiro atoms. The van der Waals surface area contributed by atoms with Crippen LogP contribution < -0.4 is 10.1 Å². The fraction of sp³-hybridized carbons (Fsp3) is 0.500. The first-order valence-electron chi connectivity index (χ1n) is 7.02. The zero-order valence-electron chi connectivity index (χ0n) is 12.1. The summed E-state index contributed by atoms with van der Waals surface area (Å²) in [5.41, 5.74) is 0.963. The Balaban J connectivity index is 2.28. The molecule has 0 aliphatic heterocycles. The zero-order valence-corrected chi connectivity index (χ0v) is 12.1. The maximum atomic E-state index is 10.9. The van der Waals surface area contributed by atoms with Gasteiger partial charge in [0.15, 0.2) is 0 Å². The summed E-state index contributed by atoms with van der Waals surface area (Å²) in [5, 5.41) is 23.6. The molecule has 1 saturated carbocycles. The van der Waals surface area contributed by atoms with Crippen LogP contribution >= 0.6 is 0 Å². The Morgan fingerprint density at radius 2 is 1.90 bits per heavy atom. The molecular weight excluding hydrogens is 254 g/mol. The average Bonchev–Trinajstić information content (AvgIpc) is 2.48. The van der Waals surface area contributed by atoms with Crippen LogP contribution in [0.25, 0.3) is 5.57 Å². The highest BCUT2D eigenvalue weighted by Gasteiger charge is 2.36. The highest BCUT2D eigenvalue weighted by atomic mass is 16.5.